The predicted molar refractivity (Wildman–Crippen MR) is 98.7 cm³/mol. The van der Waals surface area contributed by atoms with Crippen molar-refractivity contribution in [3.8, 4) is 0 Å². The van der Waals surface area contributed by atoms with Crippen LogP contribution in [0.4, 0.5) is 5.82 Å². The van der Waals surface area contributed by atoms with Crippen LogP contribution in [0.2, 0.25) is 0 Å². The molecule has 1 amide bonds. The van der Waals surface area contributed by atoms with Crippen molar-refractivity contribution in [1.29, 1.82) is 0 Å². The Labute approximate surface area is 144 Å². The van der Waals surface area contributed by atoms with Gasteiger partial charge in [-0.3, -0.25) is 9.69 Å². The first-order valence-electron chi connectivity index (χ1n) is 9.00. The molecule has 1 N–H and O–H groups in total. The maximum absolute atomic E-state index is 12.7. The summed E-state index contributed by atoms with van der Waals surface area (Å²) in [6.07, 6.45) is 4.48. The zero-order chi connectivity index (χ0) is 16.9. The van der Waals surface area contributed by atoms with Gasteiger partial charge in [-0.05, 0) is 69.1 Å². The van der Waals surface area contributed by atoms with Crippen LogP contribution in [0.5, 0.6) is 0 Å². The average molecular weight is 325 g/mol. The van der Waals surface area contributed by atoms with Crippen LogP contribution in [0, 0.1) is 0 Å². The predicted octanol–water partition coefficient (Wildman–Crippen LogP) is 3.88. The summed E-state index contributed by atoms with van der Waals surface area (Å²) in [5.74, 6) is 1.55. The number of carbonyl (C=O) groups excluding carboxylic acids is 1. The number of benzene rings is 1. The molecule has 3 rings (SSSR count). The molecule has 1 aliphatic rings. The quantitative estimate of drug-likeness (QED) is 0.906. The Morgan fingerprint density at radius 3 is 2.54 bits per heavy atom. The van der Waals surface area contributed by atoms with E-state index in [0.717, 1.165) is 17.9 Å². The Morgan fingerprint density at radius 1 is 1.21 bits per heavy atom. The highest BCUT2D eigenvalue weighted by atomic mass is 16.2. The molecule has 1 aliphatic heterocycles. The monoisotopic (exact) mass is 325 g/mol. The molecule has 4 nitrogen and oxygen atoms in total. The summed E-state index contributed by atoms with van der Waals surface area (Å²) in [5, 5.41) is 0. The molecule has 1 fully saturated rings. The van der Waals surface area contributed by atoms with Gasteiger partial charge in [-0.15, -0.1) is 0 Å². The molecule has 0 aliphatic carbocycles. The number of rotatable bonds is 5. The van der Waals surface area contributed by atoms with Gasteiger partial charge in [0.1, 0.15) is 5.82 Å². The molecule has 0 saturated carbocycles. The lowest BCUT2D eigenvalue weighted by Crippen LogP contribution is -2.32. The molecule has 128 valence electrons. The van der Waals surface area contributed by atoms with E-state index < -0.39 is 0 Å². The minimum atomic E-state index is 0.0484. The normalized spacial score (nSPS) is 16.2. The smallest absolute Gasteiger partial charge is 0.259 e. The van der Waals surface area contributed by atoms with Gasteiger partial charge in [-0.1, -0.05) is 25.1 Å². The van der Waals surface area contributed by atoms with Crippen molar-refractivity contribution in [2.75, 3.05) is 31.1 Å². The zero-order valence-electron chi connectivity index (χ0n) is 14.7. The molecule has 0 radical (unpaired) electrons. The number of hydrogen-bond donors (Lipinski definition) is 1. The molecule has 4 heteroatoms. The molecule has 1 saturated heterocycles. The van der Waals surface area contributed by atoms with Crippen molar-refractivity contribution < 1.29 is 4.79 Å². The Hall–Kier alpha value is -2.07. The van der Waals surface area contributed by atoms with E-state index in [-0.39, 0.29) is 5.91 Å². The fourth-order valence-corrected chi connectivity index (χ4v) is 3.53. The van der Waals surface area contributed by atoms with Gasteiger partial charge in [-0.25, -0.2) is 0 Å². The third-order valence-corrected chi connectivity index (χ3v) is 5.07. The van der Waals surface area contributed by atoms with Gasteiger partial charge in [-0.2, -0.15) is 0 Å². The Morgan fingerprint density at radius 2 is 1.92 bits per heavy atom. The standard InChI is InChI=1S/C20H27N3O/c1-3-22-12-10-16(11-13-22)18-14-19(21-15-18)23(4-2)20(24)17-8-6-5-7-9-17/h5-9,14-16,21H,3-4,10-13H2,1-2H3. The number of H-pyrrole nitrogens is 1. The highest BCUT2D eigenvalue weighted by Crippen LogP contribution is 2.30. The van der Waals surface area contributed by atoms with Crippen LogP contribution < -0.4 is 4.90 Å². The van der Waals surface area contributed by atoms with Crippen LogP contribution >= 0.6 is 0 Å². The van der Waals surface area contributed by atoms with Crippen molar-refractivity contribution in [3.63, 3.8) is 0 Å². The second kappa shape index (κ2) is 7.67. The minimum absolute atomic E-state index is 0.0484. The minimum Gasteiger partial charge on any atom is -0.348 e. The highest BCUT2D eigenvalue weighted by molar-refractivity contribution is 6.05. The molecule has 2 aromatic rings. The number of nitrogens with zero attached hydrogens (tertiary/aromatic N) is 2. The lowest BCUT2D eigenvalue weighted by Gasteiger charge is -2.30. The van der Waals surface area contributed by atoms with E-state index in [1.165, 1.54) is 31.5 Å². The molecule has 1 aromatic heterocycles. The van der Waals surface area contributed by atoms with Gasteiger partial charge in [0.25, 0.3) is 5.91 Å². The summed E-state index contributed by atoms with van der Waals surface area (Å²) >= 11 is 0. The molecule has 24 heavy (non-hydrogen) atoms. The van der Waals surface area contributed by atoms with E-state index in [1.807, 2.05) is 42.2 Å². The van der Waals surface area contributed by atoms with E-state index in [4.69, 9.17) is 0 Å². The molecule has 0 spiro atoms. The van der Waals surface area contributed by atoms with Crippen molar-refractivity contribution in [2.45, 2.75) is 32.6 Å². The molecule has 0 bridgehead atoms. The number of carbonyl (C=O) groups is 1. The number of nitrogens with one attached hydrogen (secondary N) is 1. The Bertz CT molecular complexity index is 657. The van der Waals surface area contributed by atoms with E-state index in [2.05, 4.69) is 29.1 Å². The first-order chi connectivity index (χ1) is 11.7. The number of hydrogen-bond acceptors (Lipinski definition) is 2. The number of anilines is 1. The Balaban J connectivity index is 1.73. The molecule has 1 aromatic carbocycles. The number of likely N-dealkylation sites (tertiary alicyclic amines) is 1. The fourth-order valence-electron chi connectivity index (χ4n) is 3.53. The Kier molecular flexibility index (Phi) is 5.36. The van der Waals surface area contributed by atoms with Gasteiger partial charge in [0.05, 0.1) is 0 Å². The van der Waals surface area contributed by atoms with E-state index >= 15 is 0 Å². The van der Waals surface area contributed by atoms with Crippen LogP contribution in [0.25, 0.3) is 0 Å². The van der Waals surface area contributed by atoms with E-state index in [1.54, 1.807) is 0 Å². The topological polar surface area (TPSA) is 39.3 Å². The van der Waals surface area contributed by atoms with Gasteiger partial charge in [0.2, 0.25) is 0 Å². The van der Waals surface area contributed by atoms with Crippen LogP contribution in [-0.2, 0) is 0 Å². The average Bonchev–Trinajstić information content (AvgIpc) is 3.13. The largest absolute Gasteiger partial charge is 0.348 e. The van der Waals surface area contributed by atoms with Crippen molar-refractivity contribution in [1.82, 2.24) is 9.88 Å². The third kappa shape index (κ3) is 3.54. The lowest BCUT2D eigenvalue weighted by molar-refractivity contribution is 0.0987. The maximum Gasteiger partial charge on any atom is 0.259 e. The summed E-state index contributed by atoms with van der Waals surface area (Å²) < 4.78 is 0. The summed E-state index contributed by atoms with van der Waals surface area (Å²) in [6, 6.07) is 11.6. The molecular weight excluding hydrogens is 298 g/mol. The number of aromatic amines is 1. The van der Waals surface area contributed by atoms with E-state index in [9.17, 15) is 4.79 Å². The molecule has 0 atom stereocenters. The molecule has 0 unspecified atom stereocenters. The van der Waals surface area contributed by atoms with Gasteiger partial charge in [0.15, 0.2) is 0 Å². The first-order valence-corrected chi connectivity index (χ1v) is 9.00. The van der Waals surface area contributed by atoms with Crippen LogP contribution in [0.3, 0.4) is 0 Å². The third-order valence-electron chi connectivity index (χ3n) is 5.07. The van der Waals surface area contributed by atoms with Gasteiger partial charge >= 0.3 is 0 Å². The number of piperidine rings is 1. The number of amides is 1. The van der Waals surface area contributed by atoms with Crippen LogP contribution in [-0.4, -0.2) is 42.0 Å². The van der Waals surface area contributed by atoms with Crippen LogP contribution in [0.1, 0.15) is 48.5 Å². The van der Waals surface area contributed by atoms with Gasteiger partial charge < -0.3 is 9.88 Å². The second-order valence-corrected chi connectivity index (χ2v) is 6.44. The SMILES string of the molecule is CCN1CCC(c2c[nH]c(N(CC)C(=O)c3ccccc3)c2)CC1. The highest BCUT2D eigenvalue weighted by Gasteiger charge is 2.23. The summed E-state index contributed by atoms with van der Waals surface area (Å²) in [5.41, 5.74) is 2.06. The molecular formula is C20H27N3O. The van der Waals surface area contributed by atoms with Gasteiger partial charge in [0, 0.05) is 18.3 Å². The summed E-state index contributed by atoms with van der Waals surface area (Å²) in [6.45, 7) is 8.37. The van der Waals surface area contributed by atoms with Crippen molar-refractivity contribution in [2.24, 2.45) is 0 Å². The fraction of sp³-hybridized carbons (Fsp3) is 0.450. The number of aromatic nitrogens is 1. The first kappa shape index (κ1) is 16.8. The van der Waals surface area contributed by atoms with Crippen molar-refractivity contribution in [3.05, 3.63) is 53.7 Å². The summed E-state index contributed by atoms with van der Waals surface area (Å²) in [4.78, 5) is 20.4. The molecule has 2 heterocycles. The maximum atomic E-state index is 12.7. The van der Waals surface area contributed by atoms with Crippen LogP contribution in [0.15, 0.2) is 42.6 Å². The zero-order valence-corrected chi connectivity index (χ0v) is 14.7. The lowest BCUT2D eigenvalue weighted by atomic mass is 9.91. The summed E-state index contributed by atoms with van der Waals surface area (Å²) in [7, 11) is 0. The van der Waals surface area contributed by atoms with Crippen molar-refractivity contribution >= 4 is 11.7 Å². The van der Waals surface area contributed by atoms with E-state index in [0.29, 0.717) is 12.5 Å². The second-order valence-electron chi connectivity index (χ2n) is 6.44.